The molecule has 3 rings (SSSR count). The Hall–Kier alpha value is -3.29. The summed E-state index contributed by atoms with van der Waals surface area (Å²) in [5.74, 6) is -2.88. The van der Waals surface area contributed by atoms with Crippen molar-refractivity contribution in [1.29, 1.82) is 0 Å². The standard InChI is InChI=1S/C19H16Cl2N2O.C2H2O4/c1-14(11-23-9-8-22-13-23)17-4-2-3-5-19(17)24-12-15-6-7-16(20)10-18(15)21;3-1(4)2(5)6/h2-10,13H,1,11-12H2;(H,3,4)(H,5,6). The van der Waals surface area contributed by atoms with Crippen molar-refractivity contribution in [3.05, 3.63) is 88.9 Å². The van der Waals surface area contributed by atoms with E-state index in [4.69, 9.17) is 47.7 Å². The van der Waals surface area contributed by atoms with Gasteiger partial charge in [0, 0.05) is 40.1 Å². The summed E-state index contributed by atoms with van der Waals surface area (Å²) in [6.07, 6.45) is 5.42. The summed E-state index contributed by atoms with van der Waals surface area (Å²) < 4.78 is 7.94. The normalized spacial score (nSPS) is 9.93. The number of imidazole rings is 1. The first-order valence-electron chi connectivity index (χ1n) is 8.53. The summed E-state index contributed by atoms with van der Waals surface area (Å²) in [4.78, 5) is 22.2. The number of carboxylic acid groups (broad SMARTS) is 2. The van der Waals surface area contributed by atoms with Crippen LogP contribution < -0.4 is 4.74 Å². The van der Waals surface area contributed by atoms with E-state index in [1.807, 2.05) is 41.1 Å². The van der Waals surface area contributed by atoms with Crippen molar-refractivity contribution in [3.63, 3.8) is 0 Å². The zero-order valence-electron chi connectivity index (χ0n) is 15.7. The van der Waals surface area contributed by atoms with Crippen molar-refractivity contribution in [2.75, 3.05) is 0 Å². The van der Waals surface area contributed by atoms with E-state index in [9.17, 15) is 0 Å². The highest BCUT2D eigenvalue weighted by molar-refractivity contribution is 6.35. The van der Waals surface area contributed by atoms with Crippen LogP contribution in [0.15, 0.2) is 67.8 Å². The maximum Gasteiger partial charge on any atom is 0.414 e. The number of halogens is 2. The zero-order valence-corrected chi connectivity index (χ0v) is 17.2. The van der Waals surface area contributed by atoms with Gasteiger partial charge in [-0.25, -0.2) is 14.6 Å². The number of hydrogen-bond acceptors (Lipinski definition) is 4. The predicted octanol–water partition coefficient (Wildman–Crippen LogP) is 4.64. The first-order chi connectivity index (χ1) is 14.3. The molecule has 0 unspecified atom stereocenters. The number of carbonyl (C=O) groups is 2. The van der Waals surface area contributed by atoms with Crippen molar-refractivity contribution in [2.24, 2.45) is 0 Å². The van der Waals surface area contributed by atoms with Crippen LogP contribution in [0.3, 0.4) is 0 Å². The fraction of sp³-hybridized carbons (Fsp3) is 0.0952. The van der Waals surface area contributed by atoms with Gasteiger partial charge in [0.15, 0.2) is 0 Å². The zero-order chi connectivity index (χ0) is 22.1. The molecule has 0 fully saturated rings. The van der Waals surface area contributed by atoms with E-state index in [2.05, 4.69) is 11.6 Å². The molecule has 2 N–H and O–H groups in total. The van der Waals surface area contributed by atoms with Crippen LogP contribution in [0.2, 0.25) is 10.0 Å². The van der Waals surface area contributed by atoms with Crippen LogP contribution in [0.25, 0.3) is 5.57 Å². The molecule has 0 atom stereocenters. The number of ether oxygens (including phenoxy) is 1. The van der Waals surface area contributed by atoms with E-state index in [-0.39, 0.29) is 0 Å². The Morgan fingerprint density at radius 1 is 1.10 bits per heavy atom. The van der Waals surface area contributed by atoms with Crippen LogP contribution in [0, 0.1) is 0 Å². The van der Waals surface area contributed by atoms with Crippen molar-refractivity contribution < 1.29 is 24.5 Å². The lowest BCUT2D eigenvalue weighted by atomic mass is 10.1. The van der Waals surface area contributed by atoms with Gasteiger partial charge in [0.25, 0.3) is 0 Å². The van der Waals surface area contributed by atoms with Crippen LogP contribution in [-0.2, 0) is 22.7 Å². The van der Waals surface area contributed by atoms with E-state index in [0.717, 1.165) is 22.4 Å². The number of rotatable bonds is 6. The van der Waals surface area contributed by atoms with Gasteiger partial charge >= 0.3 is 11.9 Å². The van der Waals surface area contributed by atoms with Crippen molar-refractivity contribution in [3.8, 4) is 5.75 Å². The highest BCUT2D eigenvalue weighted by Gasteiger charge is 2.09. The molecule has 30 heavy (non-hydrogen) atoms. The smallest absolute Gasteiger partial charge is 0.414 e. The maximum atomic E-state index is 9.10. The molecule has 1 aromatic heterocycles. The average Bonchev–Trinajstić information content (AvgIpc) is 3.21. The van der Waals surface area contributed by atoms with Crippen LogP contribution >= 0.6 is 23.2 Å². The van der Waals surface area contributed by atoms with Gasteiger partial charge in [0.1, 0.15) is 12.4 Å². The molecule has 1 heterocycles. The molecule has 0 spiro atoms. The summed E-state index contributed by atoms with van der Waals surface area (Å²) in [7, 11) is 0. The molecule has 7 nitrogen and oxygen atoms in total. The second kappa shape index (κ2) is 11.0. The van der Waals surface area contributed by atoms with Crippen molar-refractivity contribution in [2.45, 2.75) is 13.2 Å². The number of aromatic nitrogens is 2. The highest BCUT2D eigenvalue weighted by Crippen LogP contribution is 2.28. The fourth-order valence-corrected chi connectivity index (χ4v) is 2.83. The minimum atomic E-state index is -1.82. The van der Waals surface area contributed by atoms with Crippen molar-refractivity contribution >= 4 is 40.7 Å². The lowest BCUT2D eigenvalue weighted by Gasteiger charge is -2.14. The third kappa shape index (κ3) is 6.95. The van der Waals surface area contributed by atoms with E-state index < -0.39 is 11.9 Å². The Labute approximate surface area is 182 Å². The van der Waals surface area contributed by atoms with Gasteiger partial charge < -0.3 is 19.5 Å². The number of aliphatic carboxylic acids is 2. The number of nitrogens with zero attached hydrogens (tertiary/aromatic N) is 2. The average molecular weight is 449 g/mol. The van der Waals surface area contributed by atoms with Crippen LogP contribution in [0.4, 0.5) is 0 Å². The minimum absolute atomic E-state index is 0.366. The number of allylic oxidation sites excluding steroid dienone is 1. The molecule has 0 aliphatic heterocycles. The molecule has 9 heteroatoms. The fourth-order valence-electron chi connectivity index (χ4n) is 2.36. The van der Waals surface area contributed by atoms with Gasteiger partial charge in [0.2, 0.25) is 0 Å². The predicted molar refractivity (Wildman–Crippen MR) is 114 cm³/mol. The van der Waals surface area contributed by atoms with E-state index in [0.29, 0.717) is 23.2 Å². The summed E-state index contributed by atoms with van der Waals surface area (Å²) in [6, 6.07) is 13.2. The van der Waals surface area contributed by atoms with E-state index >= 15 is 0 Å². The monoisotopic (exact) mass is 448 g/mol. The van der Waals surface area contributed by atoms with Gasteiger partial charge in [-0.15, -0.1) is 0 Å². The van der Waals surface area contributed by atoms with Crippen LogP contribution in [-0.4, -0.2) is 31.7 Å². The quantitative estimate of drug-likeness (QED) is 0.532. The van der Waals surface area contributed by atoms with Crippen molar-refractivity contribution in [1.82, 2.24) is 9.55 Å². The largest absolute Gasteiger partial charge is 0.488 e. The molecule has 2 aromatic carbocycles. The molecular weight excluding hydrogens is 431 g/mol. The van der Waals surface area contributed by atoms with Gasteiger partial charge in [-0.05, 0) is 23.8 Å². The van der Waals surface area contributed by atoms with Gasteiger partial charge in [-0.1, -0.05) is 54.0 Å². The Morgan fingerprint density at radius 3 is 2.40 bits per heavy atom. The van der Waals surface area contributed by atoms with Gasteiger partial charge in [-0.3, -0.25) is 0 Å². The Bertz CT molecular complexity index is 1020. The molecule has 0 saturated heterocycles. The number of hydrogen-bond donors (Lipinski definition) is 2. The van der Waals surface area contributed by atoms with Gasteiger partial charge in [0.05, 0.1) is 6.33 Å². The molecule has 0 amide bonds. The maximum absolute atomic E-state index is 9.10. The topological polar surface area (TPSA) is 102 Å². The van der Waals surface area contributed by atoms with Crippen LogP contribution in [0.5, 0.6) is 5.75 Å². The lowest BCUT2D eigenvalue weighted by molar-refractivity contribution is -0.159. The number of benzene rings is 2. The summed E-state index contributed by atoms with van der Waals surface area (Å²) in [6.45, 7) is 5.19. The molecule has 0 saturated carbocycles. The molecule has 156 valence electrons. The number of carboxylic acids is 2. The summed E-state index contributed by atoms with van der Waals surface area (Å²) >= 11 is 12.1. The molecule has 3 aromatic rings. The minimum Gasteiger partial charge on any atom is -0.488 e. The molecule has 0 aliphatic rings. The Morgan fingerprint density at radius 2 is 1.80 bits per heavy atom. The van der Waals surface area contributed by atoms with Crippen LogP contribution in [0.1, 0.15) is 11.1 Å². The summed E-state index contributed by atoms with van der Waals surface area (Å²) in [5, 5.41) is 16.0. The second-order valence-electron chi connectivity index (χ2n) is 5.97. The van der Waals surface area contributed by atoms with E-state index in [1.54, 1.807) is 24.7 Å². The SMILES string of the molecule is C=C(Cn1ccnc1)c1ccccc1OCc1ccc(Cl)cc1Cl.O=C(O)C(=O)O. The third-order valence-corrected chi connectivity index (χ3v) is 4.37. The third-order valence-electron chi connectivity index (χ3n) is 3.78. The molecular formula is C21H18Cl2N2O5. The molecule has 0 bridgehead atoms. The first-order valence-corrected chi connectivity index (χ1v) is 9.29. The van der Waals surface area contributed by atoms with E-state index in [1.165, 1.54) is 0 Å². The lowest BCUT2D eigenvalue weighted by Crippen LogP contribution is -2.09. The molecule has 0 aliphatic carbocycles. The summed E-state index contributed by atoms with van der Waals surface area (Å²) in [5.41, 5.74) is 2.80. The van der Waals surface area contributed by atoms with Gasteiger partial charge in [-0.2, -0.15) is 0 Å². The number of para-hydroxylation sites is 1. The Balaban J connectivity index is 0.000000469. The first kappa shape index (κ1) is 23.0. The second-order valence-corrected chi connectivity index (χ2v) is 6.81. The Kier molecular flexibility index (Phi) is 8.46. The molecule has 0 radical (unpaired) electrons. The highest BCUT2D eigenvalue weighted by atomic mass is 35.5.